The standard InChI is InChI=1S/C9H8O2S/c1-7(12)8-2-4-9(5-3-8)11-6-10/h2-6H,1H3. The Hall–Kier alpha value is -1.22. The van der Waals surface area contributed by atoms with Crippen molar-refractivity contribution in [2.75, 3.05) is 0 Å². The number of benzene rings is 1. The summed E-state index contributed by atoms with van der Waals surface area (Å²) in [5, 5.41) is 0. The summed E-state index contributed by atoms with van der Waals surface area (Å²) < 4.78 is 4.62. The third-order valence-corrected chi connectivity index (χ3v) is 1.68. The summed E-state index contributed by atoms with van der Waals surface area (Å²) in [5.74, 6) is 0.532. The first-order chi connectivity index (χ1) is 5.74. The molecule has 12 heavy (non-hydrogen) atoms. The van der Waals surface area contributed by atoms with Crippen molar-refractivity contribution in [1.82, 2.24) is 0 Å². The molecule has 0 heterocycles. The van der Waals surface area contributed by atoms with Crippen LogP contribution in [0.5, 0.6) is 5.75 Å². The number of ether oxygens (including phenoxy) is 1. The van der Waals surface area contributed by atoms with E-state index in [4.69, 9.17) is 12.2 Å². The highest BCUT2D eigenvalue weighted by molar-refractivity contribution is 7.80. The van der Waals surface area contributed by atoms with Crippen molar-refractivity contribution >= 4 is 23.6 Å². The quantitative estimate of drug-likeness (QED) is 0.404. The molecule has 0 bridgehead atoms. The van der Waals surface area contributed by atoms with Gasteiger partial charge in [0.1, 0.15) is 5.75 Å². The molecular formula is C9H8O2S. The van der Waals surface area contributed by atoms with Crippen molar-refractivity contribution in [2.45, 2.75) is 6.92 Å². The van der Waals surface area contributed by atoms with Crippen LogP contribution in [-0.4, -0.2) is 11.3 Å². The highest BCUT2D eigenvalue weighted by atomic mass is 32.1. The number of thiocarbonyl (C=S) groups is 1. The van der Waals surface area contributed by atoms with Crippen molar-refractivity contribution in [3.63, 3.8) is 0 Å². The van der Waals surface area contributed by atoms with Gasteiger partial charge in [-0.2, -0.15) is 0 Å². The Labute approximate surface area is 76.2 Å². The molecule has 1 aromatic rings. The van der Waals surface area contributed by atoms with E-state index in [0.29, 0.717) is 12.2 Å². The van der Waals surface area contributed by atoms with Crippen molar-refractivity contribution in [3.05, 3.63) is 29.8 Å². The minimum absolute atomic E-state index is 0.402. The van der Waals surface area contributed by atoms with Crippen LogP contribution in [0.15, 0.2) is 24.3 Å². The fourth-order valence-electron chi connectivity index (χ4n) is 0.824. The number of hydrogen-bond acceptors (Lipinski definition) is 3. The van der Waals surface area contributed by atoms with Gasteiger partial charge >= 0.3 is 0 Å². The molecule has 0 aliphatic carbocycles. The first-order valence-corrected chi connectivity index (χ1v) is 3.86. The monoisotopic (exact) mass is 180 g/mol. The molecule has 1 aromatic carbocycles. The molecule has 0 aromatic heterocycles. The molecule has 0 fully saturated rings. The fraction of sp³-hybridized carbons (Fsp3) is 0.111. The van der Waals surface area contributed by atoms with Crippen LogP contribution in [0.2, 0.25) is 0 Å². The molecule has 0 aliphatic heterocycles. The highest BCUT2D eigenvalue weighted by Crippen LogP contribution is 2.11. The van der Waals surface area contributed by atoms with E-state index < -0.39 is 0 Å². The van der Waals surface area contributed by atoms with Gasteiger partial charge in [-0.1, -0.05) is 24.4 Å². The fourth-order valence-corrected chi connectivity index (χ4v) is 0.960. The van der Waals surface area contributed by atoms with E-state index in [1.54, 1.807) is 12.1 Å². The minimum Gasteiger partial charge on any atom is -0.429 e. The Balaban J connectivity index is 2.85. The second kappa shape index (κ2) is 3.97. The SMILES string of the molecule is CC(=S)c1ccc(OC=O)cc1. The van der Waals surface area contributed by atoms with Crippen molar-refractivity contribution in [1.29, 1.82) is 0 Å². The smallest absolute Gasteiger partial charge is 0.298 e. The molecule has 62 valence electrons. The molecule has 1 rings (SSSR count). The second-order valence-electron chi connectivity index (χ2n) is 2.29. The normalized spacial score (nSPS) is 9.08. The van der Waals surface area contributed by atoms with Crippen molar-refractivity contribution in [3.8, 4) is 5.75 Å². The molecule has 0 amide bonds. The first-order valence-electron chi connectivity index (χ1n) is 3.45. The van der Waals surface area contributed by atoms with Gasteiger partial charge in [0.15, 0.2) is 0 Å². The third-order valence-electron chi connectivity index (χ3n) is 1.45. The summed E-state index contributed by atoms with van der Waals surface area (Å²) in [7, 11) is 0. The maximum Gasteiger partial charge on any atom is 0.298 e. The molecule has 3 heteroatoms. The average molecular weight is 180 g/mol. The zero-order valence-electron chi connectivity index (χ0n) is 6.61. The van der Waals surface area contributed by atoms with E-state index in [1.807, 2.05) is 19.1 Å². The molecule has 0 atom stereocenters. The molecule has 0 radical (unpaired) electrons. The number of rotatable bonds is 3. The van der Waals surface area contributed by atoms with Crippen LogP contribution in [0.1, 0.15) is 12.5 Å². The first kappa shape index (κ1) is 8.87. The Morgan fingerprint density at radius 3 is 2.42 bits per heavy atom. The van der Waals surface area contributed by atoms with E-state index in [9.17, 15) is 4.79 Å². The van der Waals surface area contributed by atoms with Crippen molar-refractivity contribution < 1.29 is 9.53 Å². The molecule has 0 N–H and O–H groups in total. The molecular weight excluding hydrogens is 172 g/mol. The number of hydrogen-bond donors (Lipinski definition) is 0. The zero-order chi connectivity index (χ0) is 8.97. The van der Waals surface area contributed by atoms with Crippen LogP contribution in [0, 0.1) is 0 Å². The van der Waals surface area contributed by atoms with Crippen LogP contribution in [-0.2, 0) is 4.79 Å². The summed E-state index contributed by atoms with van der Waals surface area (Å²) in [4.78, 5) is 10.8. The van der Waals surface area contributed by atoms with E-state index in [2.05, 4.69) is 4.74 Å². The highest BCUT2D eigenvalue weighted by Gasteiger charge is 1.95. The summed E-state index contributed by atoms with van der Waals surface area (Å²) >= 11 is 4.96. The topological polar surface area (TPSA) is 26.3 Å². The van der Waals surface area contributed by atoms with E-state index in [0.717, 1.165) is 10.4 Å². The van der Waals surface area contributed by atoms with Crippen LogP contribution >= 0.6 is 12.2 Å². The van der Waals surface area contributed by atoms with Gasteiger partial charge in [-0.3, -0.25) is 4.79 Å². The lowest BCUT2D eigenvalue weighted by Crippen LogP contribution is -1.91. The van der Waals surface area contributed by atoms with Crippen LogP contribution in [0.4, 0.5) is 0 Å². The summed E-state index contributed by atoms with van der Waals surface area (Å²) in [6, 6.07) is 7.06. The lowest BCUT2D eigenvalue weighted by molar-refractivity contribution is -0.120. The largest absolute Gasteiger partial charge is 0.429 e. The Kier molecular flexibility index (Phi) is 2.94. The Bertz CT molecular complexity index is 290. The second-order valence-corrected chi connectivity index (χ2v) is 2.91. The minimum atomic E-state index is 0.402. The lowest BCUT2D eigenvalue weighted by atomic mass is 10.2. The summed E-state index contributed by atoms with van der Waals surface area (Å²) in [6.45, 7) is 2.25. The molecule has 0 saturated heterocycles. The van der Waals surface area contributed by atoms with Crippen molar-refractivity contribution in [2.24, 2.45) is 0 Å². The van der Waals surface area contributed by atoms with Gasteiger partial charge in [-0.15, -0.1) is 0 Å². The molecule has 0 spiro atoms. The van der Waals surface area contributed by atoms with Gasteiger partial charge in [0.05, 0.1) is 0 Å². The summed E-state index contributed by atoms with van der Waals surface area (Å²) in [5.41, 5.74) is 0.975. The Morgan fingerprint density at radius 1 is 1.42 bits per heavy atom. The van der Waals surface area contributed by atoms with E-state index >= 15 is 0 Å². The predicted octanol–water partition coefficient (Wildman–Crippen LogP) is 1.96. The molecule has 0 unspecified atom stereocenters. The molecule has 2 nitrogen and oxygen atoms in total. The van der Waals surface area contributed by atoms with Crippen LogP contribution in [0.25, 0.3) is 0 Å². The van der Waals surface area contributed by atoms with E-state index in [-0.39, 0.29) is 0 Å². The lowest BCUT2D eigenvalue weighted by Gasteiger charge is -1.99. The van der Waals surface area contributed by atoms with Crippen LogP contribution < -0.4 is 4.74 Å². The van der Waals surface area contributed by atoms with Gasteiger partial charge < -0.3 is 4.74 Å². The van der Waals surface area contributed by atoms with Gasteiger partial charge in [-0.05, 0) is 24.6 Å². The van der Waals surface area contributed by atoms with Gasteiger partial charge in [0.25, 0.3) is 6.47 Å². The maximum absolute atomic E-state index is 9.95. The third kappa shape index (κ3) is 2.13. The average Bonchev–Trinajstić information content (AvgIpc) is 2.06. The summed E-state index contributed by atoms with van der Waals surface area (Å²) in [6.07, 6.45) is 0. The van der Waals surface area contributed by atoms with Gasteiger partial charge in [0, 0.05) is 4.86 Å². The molecule has 0 aliphatic rings. The van der Waals surface area contributed by atoms with E-state index in [1.165, 1.54) is 0 Å². The number of carbonyl (C=O) groups is 1. The van der Waals surface area contributed by atoms with Crippen LogP contribution in [0.3, 0.4) is 0 Å². The van der Waals surface area contributed by atoms with Gasteiger partial charge in [0.2, 0.25) is 0 Å². The Morgan fingerprint density at radius 2 is 2.00 bits per heavy atom. The molecule has 0 saturated carbocycles. The predicted molar refractivity (Wildman–Crippen MR) is 50.5 cm³/mol. The maximum atomic E-state index is 9.95. The zero-order valence-corrected chi connectivity index (χ0v) is 7.43. The number of carbonyl (C=O) groups excluding carboxylic acids is 1. The van der Waals surface area contributed by atoms with Gasteiger partial charge in [-0.25, -0.2) is 0 Å².